The molecule has 160 valence electrons. The summed E-state index contributed by atoms with van der Waals surface area (Å²) in [4.78, 5) is 20.2. The van der Waals surface area contributed by atoms with Crippen LogP contribution in [-0.2, 0) is 12.7 Å². The molecular formula is C22H16F3N7. The van der Waals surface area contributed by atoms with Gasteiger partial charge in [-0.2, -0.15) is 18.2 Å². The van der Waals surface area contributed by atoms with Crippen molar-refractivity contribution in [1.29, 1.82) is 0 Å². The third-order valence-corrected chi connectivity index (χ3v) is 4.87. The average molecular weight is 435 g/mol. The first-order valence-electron chi connectivity index (χ1n) is 9.68. The van der Waals surface area contributed by atoms with Gasteiger partial charge in [0.1, 0.15) is 11.8 Å². The number of anilines is 3. The summed E-state index contributed by atoms with van der Waals surface area (Å²) in [5.41, 5.74) is 2.46. The van der Waals surface area contributed by atoms with Crippen LogP contribution in [0.1, 0.15) is 11.1 Å². The molecule has 0 spiro atoms. The molecule has 0 atom stereocenters. The van der Waals surface area contributed by atoms with Gasteiger partial charge in [0.15, 0.2) is 11.5 Å². The fourth-order valence-electron chi connectivity index (χ4n) is 3.36. The summed E-state index contributed by atoms with van der Waals surface area (Å²) >= 11 is 0. The SMILES string of the molecule is FC(F)(F)c1cccc(CNc2ncnc3nc(Nc4ccc5ncccc5c4)[nH]c23)c1. The topological polar surface area (TPSA) is 91.4 Å². The predicted octanol–water partition coefficient (Wildman–Crippen LogP) is 5.28. The lowest BCUT2D eigenvalue weighted by atomic mass is 10.1. The van der Waals surface area contributed by atoms with Gasteiger partial charge < -0.3 is 15.6 Å². The van der Waals surface area contributed by atoms with E-state index in [4.69, 9.17) is 0 Å². The van der Waals surface area contributed by atoms with Gasteiger partial charge in [-0.1, -0.05) is 18.2 Å². The number of rotatable bonds is 5. The molecule has 0 unspecified atom stereocenters. The van der Waals surface area contributed by atoms with Crippen molar-refractivity contribution in [2.75, 3.05) is 10.6 Å². The van der Waals surface area contributed by atoms with Crippen molar-refractivity contribution in [2.45, 2.75) is 12.7 Å². The van der Waals surface area contributed by atoms with E-state index in [0.29, 0.717) is 28.5 Å². The van der Waals surface area contributed by atoms with Crippen LogP contribution < -0.4 is 10.6 Å². The molecule has 0 amide bonds. The summed E-state index contributed by atoms with van der Waals surface area (Å²) in [5, 5.41) is 7.24. The van der Waals surface area contributed by atoms with Crippen LogP contribution in [0.25, 0.3) is 22.1 Å². The van der Waals surface area contributed by atoms with Crippen molar-refractivity contribution in [3.8, 4) is 0 Å². The average Bonchev–Trinajstić information content (AvgIpc) is 3.20. The molecule has 5 aromatic rings. The summed E-state index contributed by atoms with van der Waals surface area (Å²) in [7, 11) is 0. The largest absolute Gasteiger partial charge is 0.416 e. The van der Waals surface area contributed by atoms with Gasteiger partial charge in [0.2, 0.25) is 5.95 Å². The Morgan fingerprint density at radius 3 is 2.72 bits per heavy atom. The summed E-state index contributed by atoms with van der Waals surface area (Å²) in [5.74, 6) is 0.904. The first-order chi connectivity index (χ1) is 15.5. The van der Waals surface area contributed by atoms with E-state index < -0.39 is 11.7 Å². The smallest absolute Gasteiger partial charge is 0.364 e. The number of fused-ring (bicyclic) bond motifs is 2. The molecule has 0 saturated carbocycles. The van der Waals surface area contributed by atoms with Crippen molar-refractivity contribution in [3.05, 3.63) is 78.2 Å². The summed E-state index contributed by atoms with van der Waals surface area (Å²) < 4.78 is 38.8. The summed E-state index contributed by atoms with van der Waals surface area (Å²) in [6, 6.07) is 14.7. The number of alkyl halides is 3. The highest BCUT2D eigenvalue weighted by molar-refractivity contribution is 5.86. The van der Waals surface area contributed by atoms with Crippen LogP contribution >= 0.6 is 0 Å². The van der Waals surface area contributed by atoms with Crippen LogP contribution in [0.3, 0.4) is 0 Å². The highest BCUT2D eigenvalue weighted by Gasteiger charge is 2.30. The standard InChI is InChI=1S/C22H16F3N7/c23-22(24,25)15-5-1-3-13(9-15)11-27-19-18-20(29-12-28-19)32-21(31-18)30-16-6-7-17-14(10-16)4-2-8-26-17/h1-10,12H,11H2,(H3,27,28,29,30,31,32). The van der Waals surface area contributed by atoms with E-state index in [0.717, 1.165) is 28.7 Å². The number of pyridine rings is 1. The molecule has 0 aliphatic heterocycles. The van der Waals surface area contributed by atoms with Gasteiger partial charge in [0.05, 0.1) is 11.1 Å². The maximum absolute atomic E-state index is 12.9. The fourth-order valence-corrected chi connectivity index (χ4v) is 3.36. The zero-order valence-electron chi connectivity index (χ0n) is 16.5. The van der Waals surface area contributed by atoms with E-state index in [1.165, 1.54) is 12.4 Å². The minimum atomic E-state index is -4.39. The van der Waals surface area contributed by atoms with E-state index in [1.807, 2.05) is 30.3 Å². The Morgan fingerprint density at radius 1 is 0.938 bits per heavy atom. The van der Waals surface area contributed by atoms with Crippen LogP contribution in [0.4, 0.5) is 30.6 Å². The Balaban J connectivity index is 1.37. The minimum Gasteiger partial charge on any atom is -0.364 e. The van der Waals surface area contributed by atoms with E-state index in [1.54, 1.807) is 12.3 Å². The lowest BCUT2D eigenvalue weighted by Crippen LogP contribution is -2.07. The Hall–Kier alpha value is -4.21. The Morgan fingerprint density at radius 2 is 1.84 bits per heavy atom. The van der Waals surface area contributed by atoms with Crippen LogP contribution in [0.5, 0.6) is 0 Å². The van der Waals surface area contributed by atoms with E-state index >= 15 is 0 Å². The number of imidazole rings is 1. The molecule has 0 aliphatic carbocycles. The Kier molecular flexibility index (Phi) is 4.81. The van der Waals surface area contributed by atoms with E-state index in [9.17, 15) is 13.2 Å². The maximum atomic E-state index is 12.9. The first-order valence-corrected chi connectivity index (χ1v) is 9.68. The molecule has 10 heteroatoms. The van der Waals surface area contributed by atoms with Crippen molar-refractivity contribution in [3.63, 3.8) is 0 Å². The third-order valence-electron chi connectivity index (χ3n) is 4.87. The molecule has 3 aromatic heterocycles. The van der Waals surface area contributed by atoms with Gasteiger partial charge in [0, 0.05) is 23.8 Å². The molecule has 32 heavy (non-hydrogen) atoms. The second kappa shape index (κ2) is 7.80. The molecular weight excluding hydrogens is 419 g/mol. The molecule has 0 saturated heterocycles. The molecule has 0 bridgehead atoms. The lowest BCUT2D eigenvalue weighted by Gasteiger charge is -2.10. The molecule has 2 aromatic carbocycles. The van der Waals surface area contributed by atoms with Gasteiger partial charge in [-0.15, -0.1) is 0 Å². The zero-order chi connectivity index (χ0) is 22.1. The summed E-state index contributed by atoms with van der Waals surface area (Å²) in [6.07, 6.45) is -1.30. The third kappa shape index (κ3) is 4.02. The van der Waals surface area contributed by atoms with Gasteiger partial charge in [0.25, 0.3) is 0 Å². The Labute approximate surface area is 179 Å². The van der Waals surface area contributed by atoms with Crippen molar-refractivity contribution in [2.24, 2.45) is 0 Å². The van der Waals surface area contributed by atoms with Crippen LogP contribution in [0, 0.1) is 0 Å². The van der Waals surface area contributed by atoms with Crippen LogP contribution in [0.2, 0.25) is 0 Å². The number of nitrogens with zero attached hydrogens (tertiary/aromatic N) is 4. The second-order valence-corrected chi connectivity index (χ2v) is 7.09. The molecule has 0 aliphatic rings. The number of nitrogens with one attached hydrogen (secondary N) is 3. The maximum Gasteiger partial charge on any atom is 0.416 e. The number of hydrogen-bond donors (Lipinski definition) is 3. The van der Waals surface area contributed by atoms with Crippen molar-refractivity contribution in [1.82, 2.24) is 24.9 Å². The second-order valence-electron chi connectivity index (χ2n) is 7.09. The number of halogens is 3. The highest BCUT2D eigenvalue weighted by atomic mass is 19.4. The van der Waals surface area contributed by atoms with Gasteiger partial charge >= 0.3 is 6.18 Å². The van der Waals surface area contributed by atoms with E-state index in [-0.39, 0.29) is 6.54 Å². The minimum absolute atomic E-state index is 0.162. The number of aromatic amines is 1. The van der Waals surface area contributed by atoms with Crippen LogP contribution in [-0.4, -0.2) is 24.9 Å². The molecule has 7 nitrogen and oxygen atoms in total. The number of H-pyrrole nitrogens is 1. The molecule has 5 rings (SSSR count). The first kappa shape index (κ1) is 19.7. The van der Waals surface area contributed by atoms with Gasteiger partial charge in [-0.3, -0.25) is 4.98 Å². The quantitative estimate of drug-likeness (QED) is 0.348. The Bertz CT molecular complexity index is 1410. The lowest BCUT2D eigenvalue weighted by molar-refractivity contribution is -0.137. The predicted molar refractivity (Wildman–Crippen MR) is 115 cm³/mol. The zero-order valence-corrected chi connectivity index (χ0v) is 16.5. The highest BCUT2D eigenvalue weighted by Crippen LogP contribution is 2.30. The fraction of sp³-hybridized carbons (Fsp3) is 0.0909. The van der Waals surface area contributed by atoms with Crippen molar-refractivity contribution < 1.29 is 13.2 Å². The molecule has 0 radical (unpaired) electrons. The number of aromatic nitrogens is 5. The molecule has 3 N–H and O–H groups in total. The monoisotopic (exact) mass is 435 g/mol. The van der Waals surface area contributed by atoms with Gasteiger partial charge in [-0.25, -0.2) is 9.97 Å². The van der Waals surface area contributed by atoms with Crippen molar-refractivity contribution >= 4 is 39.5 Å². The van der Waals surface area contributed by atoms with Crippen LogP contribution in [0.15, 0.2) is 67.1 Å². The van der Waals surface area contributed by atoms with E-state index in [2.05, 4.69) is 35.6 Å². The normalized spacial score (nSPS) is 11.7. The van der Waals surface area contributed by atoms with Gasteiger partial charge in [-0.05, 0) is 42.0 Å². The molecule has 3 heterocycles. The summed E-state index contributed by atoms with van der Waals surface area (Å²) in [6.45, 7) is 0.162. The molecule has 0 fully saturated rings. The number of hydrogen-bond acceptors (Lipinski definition) is 6. The number of benzene rings is 2.